The Kier molecular flexibility index (Phi) is 11.1. The minimum absolute atomic E-state index is 0.0597. The Morgan fingerprint density at radius 2 is 1.92 bits per heavy atom. The quantitative estimate of drug-likeness (QED) is 0.253. The number of aliphatic hydroxyl groups is 1. The number of aliphatic hydroxyl groups excluding tert-OH is 1. The van der Waals surface area contributed by atoms with E-state index < -0.39 is 5.91 Å². The number of rotatable bonds is 13. The van der Waals surface area contributed by atoms with Gasteiger partial charge in [-0.15, -0.1) is 11.3 Å². The van der Waals surface area contributed by atoms with E-state index in [9.17, 15) is 9.59 Å². The second-order valence-corrected chi connectivity index (χ2v) is 8.83. The van der Waals surface area contributed by atoms with Crippen molar-refractivity contribution in [1.82, 2.24) is 20.2 Å². The SMILES string of the molecule is CCNC(=O)NCCCn1c(-c2ccc(OCC)cc2)csc1=NC(=O)c1cnccc1NCCCO. The summed E-state index contributed by atoms with van der Waals surface area (Å²) < 4.78 is 7.56. The Labute approximate surface area is 220 Å². The van der Waals surface area contributed by atoms with Crippen molar-refractivity contribution in [1.29, 1.82) is 0 Å². The fourth-order valence-corrected chi connectivity index (χ4v) is 4.52. The number of carbonyl (C=O) groups excluding carboxylic acids is 2. The summed E-state index contributed by atoms with van der Waals surface area (Å²) in [4.78, 5) is 34.0. The molecule has 10 nitrogen and oxygen atoms in total. The lowest BCUT2D eigenvalue weighted by Gasteiger charge is -2.11. The van der Waals surface area contributed by atoms with Crippen LogP contribution in [0.2, 0.25) is 0 Å². The number of nitrogens with one attached hydrogen (secondary N) is 3. The molecule has 198 valence electrons. The van der Waals surface area contributed by atoms with E-state index in [0.717, 1.165) is 17.0 Å². The van der Waals surface area contributed by atoms with Gasteiger partial charge in [-0.2, -0.15) is 4.99 Å². The van der Waals surface area contributed by atoms with E-state index >= 15 is 0 Å². The first-order valence-electron chi connectivity index (χ1n) is 12.4. The van der Waals surface area contributed by atoms with Gasteiger partial charge in [-0.05, 0) is 62.6 Å². The number of nitrogens with zero attached hydrogens (tertiary/aromatic N) is 3. The van der Waals surface area contributed by atoms with Crippen molar-refractivity contribution < 1.29 is 19.4 Å². The van der Waals surface area contributed by atoms with Gasteiger partial charge in [0.05, 0.1) is 23.6 Å². The van der Waals surface area contributed by atoms with Crippen molar-refractivity contribution in [3.05, 3.63) is 58.5 Å². The first-order valence-corrected chi connectivity index (χ1v) is 13.3. The van der Waals surface area contributed by atoms with Crippen LogP contribution in [-0.4, -0.2) is 59.4 Å². The minimum Gasteiger partial charge on any atom is -0.494 e. The smallest absolute Gasteiger partial charge is 0.314 e. The van der Waals surface area contributed by atoms with E-state index in [0.29, 0.717) is 61.7 Å². The number of hydrogen-bond acceptors (Lipinski definition) is 7. The maximum absolute atomic E-state index is 13.2. The van der Waals surface area contributed by atoms with Crippen LogP contribution in [0.3, 0.4) is 0 Å². The van der Waals surface area contributed by atoms with Crippen LogP contribution in [0, 0.1) is 0 Å². The summed E-state index contributed by atoms with van der Waals surface area (Å²) in [7, 11) is 0. The molecule has 0 saturated heterocycles. The van der Waals surface area contributed by atoms with Gasteiger partial charge in [0.25, 0.3) is 5.91 Å². The molecular formula is C26H34N6O4S. The van der Waals surface area contributed by atoms with E-state index in [2.05, 4.69) is 25.9 Å². The van der Waals surface area contributed by atoms with Gasteiger partial charge in [0, 0.05) is 50.6 Å². The van der Waals surface area contributed by atoms with Crippen LogP contribution in [0.5, 0.6) is 5.75 Å². The van der Waals surface area contributed by atoms with E-state index in [-0.39, 0.29) is 12.6 Å². The van der Waals surface area contributed by atoms with Crippen LogP contribution >= 0.6 is 11.3 Å². The molecule has 1 aromatic carbocycles. The van der Waals surface area contributed by atoms with Crippen molar-refractivity contribution >= 4 is 29.0 Å². The standard InChI is InChI=1S/C26H34N6O4S/c1-3-28-25(35)30-12-5-15-32-23(19-7-9-20(10-8-19)36-4-2)18-37-26(32)31-24(34)21-17-27-14-11-22(21)29-13-6-16-33/h7-11,14,17-18,33H,3-6,12-13,15-16H2,1-2H3,(H,27,29)(H2,28,30,35). The largest absolute Gasteiger partial charge is 0.494 e. The molecule has 3 rings (SSSR count). The first kappa shape index (κ1) is 27.9. The molecule has 4 N–H and O–H groups in total. The summed E-state index contributed by atoms with van der Waals surface area (Å²) in [6, 6.07) is 9.31. The lowest BCUT2D eigenvalue weighted by molar-refractivity contribution is 0.0998. The highest BCUT2D eigenvalue weighted by Crippen LogP contribution is 2.24. The monoisotopic (exact) mass is 526 g/mol. The number of thiazole rings is 1. The number of ether oxygens (including phenoxy) is 1. The van der Waals surface area contributed by atoms with Crippen molar-refractivity contribution in [2.45, 2.75) is 33.2 Å². The number of amides is 3. The van der Waals surface area contributed by atoms with Crippen LogP contribution in [0.15, 0.2) is 53.1 Å². The lowest BCUT2D eigenvalue weighted by Crippen LogP contribution is -2.36. The topological polar surface area (TPSA) is 130 Å². The van der Waals surface area contributed by atoms with Gasteiger partial charge >= 0.3 is 6.03 Å². The zero-order valence-corrected chi connectivity index (χ0v) is 22.0. The number of benzene rings is 1. The molecule has 3 aromatic rings. The van der Waals surface area contributed by atoms with Gasteiger partial charge in [-0.1, -0.05) is 0 Å². The van der Waals surface area contributed by atoms with Crippen LogP contribution in [-0.2, 0) is 6.54 Å². The summed E-state index contributed by atoms with van der Waals surface area (Å²) in [6.07, 6.45) is 4.32. The second kappa shape index (κ2) is 14.8. The minimum atomic E-state index is -0.408. The Balaban J connectivity index is 1.89. The average Bonchev–Trinajstić information content (AvgIpc) is 3.30. The van der Waals surface area contributed by atoms with Gasteiger partial charge in [0.2, 0.25) is 0 Å². The third-order valence-electron chi connectivity index (χ3n) is 5.34. The zero-order valence-electron chi connectivity index (χ0n) is 21.2. The van der Waals surface area contributed by atoms with Crippen molar-refractivity contribution in [3.8, 4) is 17.0 Å². The molecule has 0 unspecified atom stereocenters. The number of carbonyl (C=O) groups is 2. The third kappa shape index (κ3) is 8.16. The predicted molar refractivity (Wildman–Crippen MR) is 145 cm³/mol. The summed E-state index contributed by atoms with van der Waals surface area (Å²) in [5.41, 5.74) is 2.88. The van der Waals surface area contributed by atoms with Gasteiger partial charge in [-0.25, -0.2) is 4.79 Å². The normalized spacial score (nSPS) is 11.3. The predicted octanol–water partition coefficient (Wildman–Crippen LogP) is 3.25. The molecular weight excluding hydrogens is 492 g/mol. The molecule has 2 heterocycles. The van der Waals surface area contributed by atoms with E-state index in [4.69, 9.17) is 9.84 Å². The molecule has 2 aromatic heterocycles. The number of anilines is 1. The fraction of sp³-hybridized carbons (Fsp3) is 0.385. The van der Waals surface area contributed by atoms with E-state index in [1.54, 1.807) is 12.3 Å². The van der Waals surface area contributed by atoms with Gasteiger partial charge in [0.15, 0.2) is 4.80 Å². The second-order valence-electron chi connectivity index (χ2n) is 7.99. The Morgan fingerprint density at radius 1 is 1.11 bits per heavy atom. The Bertz CT molecular complexity index is 1220. The van der Waals surface area contributed by atoms with E-state index in [1.165, 1.54) is 17.5 Å². The summed E-state index contributed by atoms with van der Waals surface area (Å²) >= 11 is 1.38. The molecule has 0 radical (unpaired) electrons. The van der Waals surface area contributed by atoms with Crippen molar-refractivity contribution in [2.75, 3.05) is 38.2 Å². The molecule has 11 heteroatoms. The molecule has 0 aliphatic rings. The summed E-state index contributed by atoms with van der Waals surface area (Å²) in [6.45, 7) is 6.58. The molecule has 0 fully saturated rings. The molecule has 0 atom stereocenters. The molecule has 0 aliphatic carbocycles. The Hall–Kier alpha value is -3.70. The molecule has 0 spiro atoms. The van der Waals surface area contributed by atoms with Crippen LogP contribution in [0.25, 0.3) is 11.3 Å². The highest BCUT2D eigenvalue weighted by Gasteiger charge is 2.14. The average molecular weight is 527 g/mol. The molecule has 3 amide bonds. The van der Waals surface area contributed by atoms with Crippen LogP contribution in [0.4, 0.5) is 10.5 Å². The number of hydrogen-bond donors (Lipinski definition) is 4. The summed E-state index contributed by atoms with van der Waals surface area (Å²) in [5, 5.41) is 19.7. The number of urea groups is 1. The van der Waals surface area contributed by atoms with Crippen molar-refractivity contribution in [3.63, 3.8) is 0 Å². The maximum Gasteiger partial charge on any atom is 0.314 e. The number of aromatic nitrogens is 2. The van der Waals surface area contributed by atoms with Crippen LogP contribution < -0.4 is 25.5 Å². The zero-order chi connectivity index (χ0) is 26.5. The number of pyridine rings is 1. The molecule has 0 aliphatic heterocycles. The van der Waals surface area contributed by atoms with Crippen LogP contribution in [0.1, 0.15) is 37.0 Å². The first-order chi connectivity index (χ1) is 18.1. The van der Waals surface area contributed by atoms with Crippen molar-refractivity contribution in [2.24, 2.45) is 4.99 Å². The summed E-state index contributed by atoms with van der Waals surface area (Å²) in [5.74, 6) is 0.381. The maximum atomic E-state index is 13.2. The molecule has 0 bridgehead atoms. The molecule has 0 saturated carbocycles. The molecule has 37 heavy (non-hydrogen) atoms. The fourth-order valence-electron chi connectivity index (χ4n) is 3.58. The lowest BCUT2D eigenvalue weighted by atomic mass is 10.1. The van der Waals surface area contributed by atoms with E-state index in [1.807, 2.05) is 48.1 Å². The highest BCUT2D eigenvalue weighted by molar-refractivity contribution is 7.07. The Morgan fingerprint density at radius 3 is 2.65 bits per heavy atom. The van der Waals surface area contributed by atoms with Gasteiger partial charge in [-0.3, -0.25) is 9.78 Å². The van der Waals surface area contributed by atoms with Gasteiger partial charge in [0.1, 0.15) is 5.75 Å². The third-order valence-corrected chi connectivity index (χ3v) is 6.20. The highest BCUT2D eigenvalue weighted by atomic mass is 32.1. The van der Waals surface area contributed by atoms with Gasteiger partial charge < -0.3 is 30.4 Å².